The molecule has 0 unspecified atom stereocenters. The van der Waals surface area contributed by atoms with Crippen molar-refractivity contribution in [1.29, 1.82) is 0 Å². The summed E-state index contributed by atoms with van der Waals surface area (Å²) in [6.45, 7) is 0. The number of carbonyl (C=O) groups excluding carboxylic acids is 1. The van der Waals surface area contributed by atoms with Crippen molar-refractivity contribution in [3.63, 3.8) is 0 Å². The lowest BCUT2D eigenvalue weighted by molar-refractivity contribution is 0.0553. The van der Waals surface area contributed by atoms with Gasteiger partial charge in [0, 0.05) is 29.6 Å². The smallest absolute Gasteiger partial charge is 0.280 e. The van der Waals surface area contributed by atoms with Crippen LogP contribution in [0.2, 0.25) is 5.02 Å². The van der Waals surface area contributed by atoms with Crippen LogP contribution in [0.3, 0.4) is 0 Å². The third kappa shape index (κ3) is 4.64. The van der Waals surface area contributed by atoms with Crippen molar-refractivity contribution in [3.8, 4) is 0 Å². The number of piperidine rings is 1. The third-order valence-corrected chi connectivity index (χ3v) is 7.17. The van der Waals surface area contributed by atoms with Crippen molar-refractivity contribution in [2.45, 2.75) is 50.1 Å². The van der Waals surface area contributed by atoms with Crippen molar-refractivity contribution < 1.29 is 13.6 Å². The van der Waals surface area contributed by atoms with Gasteiger partial charge in [0.05, 0.1) is 21.8 Å². The Kier molecular flexibility index (Phi) is 8.74. The molecule has 0 saturated carbocycles. The Balaban J connectivity index is 0.00000120. The van der Waals surface area contributed by atoms with E-state index in [4.69, 9.17) is 11.6 Å². The molecule has 192 valence electrons. The number of halogens is 3. The van der Waals surface area contributed by atoms with E-state index in [2.05, 4.69) is 20.1 Å². The van der Waals surface area contributed by atoms with E-state index < -0.39 is 6.43 Å². The van der Waals surface area contributed by atoms with Crippen molar-refractivity contribution in [1.82, 2.24) is 29.5 Å². The molecule has 1 amide bonds. The standard InChI is InChI=1S/C23H19ClF2N6O.3H2S/c24-16-3-1-2-12-8-13(10-27-20(12)16)22(33)31-14-4-6-15(18(31)7-5-14)19-9-17(21(25)26)30-23-28-11-29-32(19)23;;;/h1-3,8-11,14-15,18,21H,4-7H2;3*1H2/t14-,15-,18-;;;/m0.../s1. The molecule has 0 spiro atoms. The molecule has 3 atom stereocenters. The number of aromatic nitrogens is 5. The number of amides is 1. The zero-order valence-corrected chi connectivity index (χ0v) is 22.7. The van der Waals surface area contributed by atoms with Crippen LogP contribution in [-0.2, 0) is 0 Å². The Bertz CT molecular complexity index is 1410. The van der Waals surface area contributed by atoms with E-state index >= 15 is 0 Å². The molecule has 1 aromatic carbocycles. The van der Waals surface area contributed by atoms with Crippen molar-refractivity contribution >= 4 is 74.7 Å². The Hall–Kier alpha value is -2.15. The zero-order chi connectivity index (χ0) is 22.7. The molecule has 2 bridgehead atoms. The van der Waals surface area contributed by atoms with Gasteiger partial charge in [0.2, 0.25) is 0 Å². The zero-order valence-electron chi connectivity index (χ0n) is 18.9. The van der Waals surface area contributed by atoms with Crippen LogP contribution in [0.4, 0.5) is 8.78 Å². The van der Waals surface area contributed by atoms with Crippen molar-refractivity contribution in [2.75, 3.05) is 0 Å². The van der Waals surface area contributed by atoms with Gasteiger partial charge in [0.25, 0.3) is 18.1 Å². The van der Waals surface area contributed by atoms with Gasteiger partial charge < -0.3 is 4.90 Å². The lowest BCUT2D eigenvalue weighted by Crippen LogP contribution is -2.47. The first-order chi connectivity index (χ1) is 16.0. The number of hydrogen-bond donors (Lipinski definition) is 0. The minimum absolute atomic E-state index is 0. The quantitative estimate of drug-likeness (QED) is 0.340. The van der Waals surface area contributed by atoms with Crippen LogP contribution in [-0.4, -0.2) is 47.5 Å². The van der Waals surface area contributed by atoms with Crippen LogP contribution in [0.15, 0.2) is 42.9 Å². The van der Waals surface area contributed by atoms with Crippen molar-refractivity contribution in [2.24, 2.45) is 0 Å². The average Bonchev–Trinajstić information content (AvgIpc) is 3.41. The topological polar surface area (TPSA) is 76.3 Å². The summed E-state index contributed by atoms with van der Waals surface area (Å²) in [7, 11) is 0. The van der Waals surface area contributed by atoms with Crippen LogP contribution >= 0.6 is 52.1 Å². The van der Waals surface area contributed by atoms with Gasteiger partial charge in [-0.1, -0.05) is 23.7 Å². The second kappa shape index (κ2) is 11.1. The molecule has 13 heteroatoms. The van der Waals surface area contributed by atoms with Crippen LogP contribution < -0.4 is 0 Å². The summed E-state index contributed by atoms with van der Waals surface area (Å²) in [5.74, 6) is -0.0868. The Morgan fingerprint density at radius 3 is 2.61 bits per heavy atom. The summed E-state index contributed by atoms with van der Waals surface area (Å²) in [6, 6.07) is 8.70. The van der Waals surface area contributed by atoms with Gasteiger partial charge in [-0.2, -0.15) is 50.6 Å². The minimum atomic E-state index is -2.71. The molecule has 5 heterocycles. The van der Waals surface area contributed by atoms with E-state index in [9.17, 15) is 13.6 Å². The number of carbonyl (C=O) groups is 1. The summed E-state index contributed by atoms with van der Waals surface area (Å²) < 4.78 is 28.6. The predicted octanol–water partition coefficient (Wildman–Crippen LogP) is 5.15. The molecule has 2 fully saturated rings. The number of hydrogen-bond acceptors (Lipinski definition) is 5. The highest BCUT2D eigenvalue weighted by molar-refractivity contribution is 7.59. The van der Waals surface area contributed by atoms with Gasteiger partial charge in [-0.25, -0.2) is 18.3 Å². The monoisotopic (exact) mass is 570 g/mol. The Labute approximate surface area is 232 Å². The molecule has 0 radical (unpaired) electrons. The number of pyridine rings is 1. The molecule has 2 aliphatic heterocycles. The summed E-state index contributed by atoms with van der Waals surface area (Å²) >= 11 is 6.22. The Morgan fingerprint density at radius 1 is 1.06 bits per heavy atom. The van der Waals surface area contributed by atoms with Gasteiger partial charge in [0.15, 0.2) is 0 Å². The van der Waals surface area contributed by atoms with Gasteiger partial charge in [-0.3, -0.25) is 9.78 Å². The second-order valence-corrected chi connectivity index (χ2v) is 9.02. The molecular formula is C23H25ClF2N6OS3. The largest absolute Gasteiger partial charge is 0.332 e. The maximum absolute atomic E-state index is 13.6. The maximum Gasteiger partial charge on any atom is 0.280 e. The molecule has 36 heavy (non-hydrogen) atoms. The van der Waals surface area contributed by atoms with Crippen LogP contribution in [0.5, 0.6) is 0 Å². The number of rotatable bonds is 3. The third-order valence-electron chi connectivity index (χ3n) is 6.87. The van der Waals surface area contributed by atoms with E-state index in [0.717, 1.165) is 31.1 Å². The number of para-hydroxylation sites is 1. The second-order valence-electron chi connectivity index (χ2n) is 8.61. The molecule has 2 saturated heterocycles. The fourth-order valence-corrected chi connectivity index (χ4v) is 5.67. The SMILES string of the molecule is O=C(c1cnc2c(Cl)cccc2c1)N1[C@H]2CC[C@H](c3cc(C(F)F)nc4ncnn34)[C@@H]1CC2.S.S.S. The minimum Gasteiger partial charge on any atom is -0.332 e. The molecule has 0 N–H and O–H groups in total. The number of nitrogens with zero attached hydrogens (tertiary/aromatic N) is 6. The number of fused-ring (bicyclic) bond motifs is 4. The fraction of sp³-hybridized carbons (Fsp3) is 0.348. The van der Waals surface area contributed by atoms with E-state index in [0.29, 0.717) is 21.8 Å². The summed E-state index contributed by atoms with van der Waals surface area (Å²) in [4.78, 5) is 27.9. The molecule has 4 aromatic rings. The molecule has 2 aliphatic rings. The molecule has 3 aromatic heterocycles. The summed E-state index contributed by atoms with van der Waals surface area (Å²) in [5.41, 5.74) is 1.45. The molecule has 0 aliphatic carbocycles. The first-order valence-electron chi connectivity index (χ1n) is 10.9. The lowest BCUT2D eigenvalue weighted by Gasteiger charge is -2.40. The lowest BCUT2D eigenvalue weighted by atomic mass is 9.86. The Morgan fingerprint density at radius 2 is 1.83 bits per heavy atom. The van der Waals surface area contributed by atoms with Crippen LogP contribution in [0.1, 0.15) is 59.8 Å². The van der Waals surface area contributed by atoms with Crippen molar-refractivity contribution in [3.05, 3.63) is 64.8 Å². The first kappa shape index (κ1) is 28.4. The van der Waals surface area contributed by atoms with Gasteiger partial charge in [-0.15, -0.1) is 0 Å². The molecule has 7 nitrogen and oxygen atoms in total. The molecular weight excluding hydrogens is 546 g/mol. The fourth-order valence-electron chi connectivity index (χ4n) is 5.44. The highest BCUT2D eigenvalue weighted by atomic mass is 35.5. The predicted molar refractivity (Wildman–Crippen MR) is 149 cm³/mol. The number of alkyl halides is 2. The summed E-state index contributed by atoms with van der Waals surface area (Å²) in [5, 5.41) is 5.56. The van der Waals surface area contributed by atoms with E-state index in [1.807, 2.05) is 23.1 Å². The normalized spacial score (nSPS) is 20.7. The van der Waals surface area contributed by atoms with E-state index in [1.54, 1.807) is 12.3 Å². The number of benzene rings is 1. The average molecular weight is 571 g/mol. The van der Waals surface area contributed by atoms with Crippen LogP contribution in [0, 0.1) is 0 Å². The maximum atomic E-state index is 13.6. The van der Waals surface area contributed by atoms with Gasteiger partial charge in [-0.05, 0) is 43.9 Å². The molecule has 6 rings (SSSR count). The van der Waals surface area contributed by atoms with E-state index in [1.165, 1.54) is 16.9 Å². The van der Waals surface area contributed by atoms with E-state index in [-0.39, 0.29) is 75.9 Å². The van der Waals surface area contributed by atoms with Gasteiger partial charge in [0.1, 0.15) is 12.0 Å². The highest BCUT2D eigenvalue weighted by Gasteiger charge is 2.46. The van der Waals surface area contributed by atoms with Crippen LogP contribution in [0.25, 0.3) is 16.7 Å². The first-order valence-corrected chi connectivity index (χ1v) is 11.2. The summed E-state index contributed by atoms with van der Waals surface area (Å²) in [6.07, 6.45) is 3.43. The highest BCUT2D eigenvalue weighted by Crippen LogP contribution is 2.45. The van der Waals surface area contributed by atoms with Gasteiger partial charge >= 0.3 is 0 Å².